The first-order chi connectivity index (χ1) is 10.3. The molecule has 1 heterocycles. The van der Waals surface area contributed by atoms with Gasteiger partial charge < -0.3 is 4.74 Å². The van der Waals surface area contributed by atoms with Gasteiger partial charge in [0.05, 0.1) is 0 Å². The van der Waals surface area contributed by atoms with E-state index < -0.39 is 0 Å². The molecule has 0 bridgehead atoms. The summed E-state index contributed by atoms with van der Waals surface area (Å²) in [5, 5.41) is 0. The lowest BCUT2D eigenvalue weighted by atomic mass is 9.97. The van der Waals surface area contributed by atoms with E-state index in [-0.39, 0.29) is 12.1 Å². The van der Waals surface area contributed by atoms with Gasteiger partial charge in [0.1, 0.15) is 6.10 Å². The second-order valence-electron chi connectivity index (χ2n) is 5.34. The maximum atomic E-state index is 12.1. The molecule has 1 aliphatic heterocycles. The molecule has 2 aromatic carbocycles. The van der Waals surface area contributed by atoms with E-state index in [1.165, 1.54) is 5.56 Å². The highest BCUT2D eigenvalue weighted by Gasteiger charge is 2.31. The van der Waals surface area contributed by atoms with Gasteiger partial charge >= 0.3 is 5.97 Å². The molecular formula is C19H18O2. The van der Waals surface area contributed by atoms with Crippen LogP contribution in [0.1, 0.15) is 30.6 Å². The van der Waals surface area contributed by atoms with Crippen LogP contribution in [0.2, 0.25) is 0 Å². The van der Waals surface area contributed by atoms with Gasteiger partial charge in [0.15, 0.2) is 0 Å². The summed E-state index contributed by atoms with van der Waals surface area (Å²) in [7, 11) is 0. The number of aryl methyl sites for hydroxylation is 1. The van der Waals surface area contributed by atoms with E-state index in [0.717, 1.165) is 29.6 Å². The quantitative estimate of drug-likeness (QED) is 0.782. The predicted molar refractivity (Wildman–Crippen MR) is 82.7 cm³/mol. The Morgan fingerprint density at radius 1 is 0.905 bits per heavy atom. The van der Waals surface area contributed by atoms with Crippen LogP contribution < -0.4 is 0 Å². The van der Waals surface area contributed by atoms with Crippen LogP contribution in [0.25, 0.3) is 0 Å². The van der Waals surface area contributed by atoms with E-state index in [2.05, 4.69) is 12.1 Å². The van der Waals surface area contributed by atoms with Crippen LogP contribution in [-0.4, -0.2) is 5.97 Å². The fourth-order valence-electron chi connectivity index (χ4n) is 2.74. The van der Waals surface area contributed by atoms with Crippen molar-refractivity contribution in [1.82, 2.24) is 0 Å². The van der Waals surface area contributed by atoms with E-state index in [9.17, 15) is 4.79 Å². The Bertz CT molecular complexity index is 656. The maximum Gasteiger partial charge on any atom is 0.335 e. The first-order valence-electron chi connectivity index (χ1n) is 7.25. The van der Waals surface area contributed by atoms with Crippen LogP contribution >= 0.6 is 0 Å². The molecule has 0 saturated heterocycles. The normalized spacial score (nSPS) is 18.0. The summed E-state index contributed by atoms with van der Waals surface area (Å²) in [5.41, 5.74) is 4.15. The molecule has 1 unspecified atom stereocenters. The van der Waals surface area contributed by atoms with Crippen molar-refractivity contribution in [2.24, 2.45) is 0 Å². The molecule has 1 aliphatic rings. The summed E-state index contributed by atoms with van der Waals surface area (Å²) < 4.78 is 5.55. The monoisotopic (exact) mass is 278 g/mol. The second-order valence-corrected chi connectivity index (χ2v) is 5.34. The van der Waals surface area contributed by atoms with Crippen LogP contribution in [0.5, 0.6) is 0 Å². The standard InChI is InChI=1S/C19H18O2/c1-14-17(13-12-15-8-4-2-5-9-15)19(20)21-18(14)16-10-6-3-7-11-16/h2-11,18H,12-13H2,1H3. The summed E-state index contributed by atoms with van der Waals surface area (Å²) in [6.07, 6.45) is 1.38. The molecule has 0 radical (unpaired) electrons. The molecule has 0 aromatic heterocycles. The lowest BCUT2D eigenvalue weighted by Crippen LogP contribution is -2.03. The van der Waals surface area contributed by atoms with E-state index in [1.54, 1.807) is 0 Å². The minimum absolute atomic E-state index is 0.169. The molecule has 3 rings (SSSR count). The van der Waals surface area contributed by atoms with Crippen molar-refractivity contribution in [2.45, 2.75) is 25.9 Å². The van der Waals surface area contributed by atoms with Crippen molar-refractivity contribution in [3.8, 4) is 0 Å². The fourth-order valence-corrected chi connectivity index (χ4v) is 2.74. The summed E-state index contributed by atoms with van der Waals surface area (Å²) in [5.74, 6) is -0.169. The number of carbonyl (C=O) groups excluding carboxylic acids is 1. The largest absolute Gasteiger partial charge is 0.450 e. The first-order valence-corrected chi connectivity index (χ1v) is 7.25. The molecular weight excluding hydrogens is 260 g/mol. The minimum atomic E-state index is -0.218. The Balaban J connectivity index is 1.77. The molecule has 0 spiro atoms. The predicted octanol–water partition coefficient (Wildman–Crippen LogP) is 4.23. The third kappa shape index (κ3) is 2.89. The molecule has 0 fully saturated rings. The summed E-state index contributed by atoms with van der Waals surface area (Å²) >= 11 is 0. The average molecular weight is 278 g/mol. The lowest BCUT2D eigenvalue weighted by Gasteiger charge is -2.11. The van der Waals surface area contributed by atoms with Gasteiger partial charge in [-0.2, -0.15) is 0 Å². The zero-order chi connectivity index (χ0) is 14.7. The molecule has 0 N–H and O–H groups in total. The topological polar surface area (TPSA) is 26.3 Å². The number of hydrogen-bond acceptors (Lipinski definition) is 2. The number of hydrogen-bond donors (Lipinski definition) is 0. The van der Waals surface area contributed by atoms with Gasteiger partial charge in [-0.3, -0.25) is 0 Å². The van der Waals surface area contributed by atoms with Crippen LogP contribution in [0.4, 0.5) is 0 Å². The van der Waals surface area contributed by atoms with E-state index >= 15 is 0 Å². The summed E-state index contributed by atoms with van der Waals surface area (Å²) in [6.45, 7) is 2.00. The highest BCUT2D eigenvalue weighted by molar-refractivity contribution is 5.92. The van der Waals surface area contributed by atoms with Crippen LogP contribution in [0.15, 0.2) is 71.8 Å². The highest BCUT2D eigenvalue weighted by atomic mass is 16.5. The van der Waals surface area contributed by atoms with Gasteiger partial charge in [0.2, 0.25) is 0 Å². The van der Waals surface area contributed by atoms with Crippen molar-refractivity contribution < 1.29 is 9.53 Å². The molecule has 1 atom stereocenters. The first kappa shape index (κ1) is 13.6. The summed E-state index contributed by atoms with van der Waals surface area (Å²) in [6, 6.07) is 20.1. The zero-order valence-electron chi connectivity index (χ0n) is 12.1. The summed E-state index contributed by atoms with van der Waals surface area (Å²) in [4.78, 5) is 12.1. The molecule has 106 valence electrons. The number of rotatable bonds is 4. The van der Waals surface area contributed by atoms with Crippen molar-refractivity contribution in [3.63, 3.8) is 0 Å². The molecule has 0 amide bonds. The Morgan fingerprint density at radius 2 is 1.52 bits per heavy atom. The van der Waals surface area contributed by atoms with Gasteiger partial charge in [-0.15, -0.1) is 0 Å². The number of cyclic esters (lactones) is 1. The van der Waals surface area contributed by atoms with Crippen LogP contribution in [0, 0.1) is 0 Å². The molecule has 2 aromatic rings. The Morgan fingerprint density at radius 3 is 2.19 bits per heavy atom. The lowest BCUT2D eigenvalue weighted by molar-refractivity contribution is -0.140. The maximum absolute atomic E-state index is 12.1. The Kier molecular flexibility index (Phi) is 3.87. The molecule has 21 heavy (non-hydrogen) atoms. The average Bonchev–Trinajstić information content (AvgIpc) is 2.82. The number of carbonyl (C=O) groups is 1. The van der Waals surface area contributed by atoms with Gasteiger partial charge in [-0.25, -0.2) is 4.79 Å². The number of ether oxygens (including phenoxy) is 1. The zero-order valence-corrected chi connectivity index (χ0v) is 12.1. The molecule has 2 heteroatoms. The van der Waals surface area contributed by atoms with Gasteiger partial charge in [0, 0.05) is 5.57 Å². The third-order valence-electron chi connectivity index (χ3n) is 3.95. The van der Waals surface area contributed by atoms with Crippen molar-refractivity contribution in [1.29, 1.82) is 0 Å². The van der Waals surface area contributed by atoms with Crippen LogP contribution in [0.3, 0.4) is 0 Å². The van der Waals surface area contributed by atoms with E-state index in [1.807, 2.05) is 55.5 Å². The second kappa shape index (κ2) is 5.96. The molecule has 2 nitrogen and oxygen atoms in total. The van der Waals surface area contributed by atoms with Gasteiger partial charge in [0.25, 0.3) is 0 Å². The third-order valence-corrected chi connectivity index (χ3v) is 3.95. The van der Waals surface area contributed by atoms with Crippen LogP contribution in [-0.2, 0) is 16.0 Å². The Labute approximate surface area is 125 Å². The fraction of sp³-hybridized carbons (Fsp3) is 0.211. The van der Waals surface area contributed by atoms with Crippen molar-refractivity contribution in [3.05, 3.63) is 82.9 Å². The molecule has 0 saturated carbocycles. The van der Waals surface area contributed by atoms with Crippen molar-refractivity contribution >= 4 is 5.97 Å². The Hall–Kier alpha value is -2.35. The SMILES string of the molecule is CC1=C(CCc2ccccc2)C(=O)OC1c1ccccc1. The smallest absolute Gasteiger partial charge is 0.335 e. The van der Waals surface area contributed by atoms with E-state index in [0.29, 0.717) is 0 Å². The van der Waals surface area contributed by atoms with E-state index in [4.69, 9.17) is 4.74 Å². The number of esters is 1. The highest BCUT2D eigenvalue weighted by Crippen LogP contribution is 2.36. The minimum Gasteiger partial charge on any atom is -0.450 e. The van der Waals surface area contributed by atoms with Gasteiger partial charge in [-0.1, -0.05) is 60.7 Å². The van der Waals surface area contributed by atoms with Gasteiger partial charge in [-0.05, 0) is 36.5 Å². The van der Waals surface area contributed by atoms with Crippen molar-refractivity contribution in [2.75, 3.05) is 0 Å². The molecule has 0 aliphatic carbocycles. The number of benzene rings is 2.